The topological polar surface area (TPSA) is 17.1 Å². The van der Waals surface area contributed by atoms with Crippen molar-refractivity contribution in [3.8, 4) is 0 Å². The van der Waals surface area contributed by atoms with Gasteiger partial charge in [0.05, 0.1) is 4.88 Å². The first-order chi connectivity index (χ1) is 8.38. The lowest BCUT2D eigenvalue weighted by atomic mass is 9.95. The largest absolute Gasteiger partial charge is 0.288 e. The van der Waals surface area contributed by atoms with E-state index in [4.69, 9.17) is 0 Å². The van der Waals surface area contributed by atoms with Gasteiger partial charge < -0.3 is 0 Å². The van der Waals surface area contributed by atoms with Crippen LogP contribution in [0.4, 0.5) is 0 Å². The van der Waals surface area contributed by atoms with E-state index >= 15 is 0 Å². The highest BCUT2D eigenvalue weighted by Gasteiger charge is 2.19. The molecule has 0 amide bonds. The van der Waals surface area contributed by atoms with Crippen LogP contribution in [-0.2, 0) is 5.41 Å². The minimum Gasteiger partial charge on any atom is -0.288 e. The molecule has 2 rings (SSSR count). The first-order valence-corrected chi connectivity index (χ1v) is 7.39. The minimum absolute atomic E-state index is 0.0943. The Hall–Kier alpha value is -0.930. The number of thiophene rings is 1. The second kappa shape index (κ2) is 4.98. The Morgan fingerprint density at radius 3 is 2.44 bits per heavy atom. The highest BCUT2D eigenvalue weighted by atomic mass is 79.9. The van der Waals surface area contributed by atoms with Crippen LogP contribution in [0.1, 0.15) is 40.9 Å². The van der Waals surface area contributed by atoms with Gasteiger partial charge >= 0.3 is 0 Å². The van der Waals surface area contributed by atoms with E-state index in [-0.39, 0.29) is 11.2 Å². The van der Waals surface area contributed by atoms with Gasteiger partial charge in [0.1, 0.15) is 0 Å². The fourth-order valence-corrected chi connectivity index (χ4v) is 3.06. The number of benzene rings is 1. The van der Waals surface area contributed by atoms with Crippen molar-refractivity contribution in [3.63, 3.8) is 0 Å². The van der Waals surface area contributed by atoms with E-state index in [1.54, 1.807) is 11.3 Å². The van der Waals surface area contributed by atoms with Crippen molar-refractivity contribution in [1.82, 2.24) is 0 Å². The van der Waals surface area contributed by atoms with Crippen LogP contribution in [0.25, 0.3) is 0 Å². The Morgan fingerprint density at radius 2 is 1.89 bits per heavy atom. The number of rotatable bonds is 2. The van der Waals surface area contributed by atoms with Gasteiger partial charge in [-0.3, -0.25) is 4.79 Å². The van der Waals surface area contributed by atoms with Crippen molar-refractivity contribution >= 4 is 33.0 Å². The Bertz CT molecular complexity index is 578. The summed E-state index contributed by atoms with van der Waals surface area (Å²) in [6.07, 6.45) is 0. The number of carbonyl (C=O) groups is 1. The van der Waals surface area contributed by atoms with Crippen molar-refractivity contribution in [1.29, 1.82) is 0 Å². The maximum Gasteiger partial charge on any atom is 0.202 e. The molecule has 0 aliphatic carbocycles. The van der Waals surface area contributed by atoms with Gasteiger partial charge in [0, 0.05) is 14.9 Å². The van der Waals surface area contributed by atoms with Crippen molar-refractivity contribution in [2.24, 2.45) is 0 Å². The lowest BCUT2D eigenvalue weighted by Gasteiger charge is -2.15. The molecule has 3 heteroatoms. The lowest BCUT2D eigenvalue weighted by Crippen LogP contribution is -2.07. The summed E-state index contributed by atoms with van der Waals surface area (Å²) < 4.78 is 0.931. The third-order valence-electron chi connectivity index (χ3n) is 2.66. The molecule has 18 heavy (non-hydrogen) atoms. The molecule has 1 nitrogen and oxygen atoms in total. The first kappa shape index (κ1) is 13.5. The van der Waals surface area contributed by atoms with Crippen LogP contribution >= 0.6 is 27.3 Å². The third kappa shape index (κ3) is 2.90. The number of carbonyl (C=O) groups excluding carboxylic acids is 1. The second-order valence-electron chi connectivity index (χ2n) is 5.25. The van der Waals surface area contributed by atoms with Crippen molar-refractivity contribution in [3.05, 3.63) is 56.2 Å². The Labute approximate surface area is 120 Å². The second-order valence-corrected chi connectivity index (χ2v) is 7.25. The summed E-state index contributed by atoms with van der Waals surface area (Å²) in [6.45, 7) is 6.48. The molecule has 0 bridgehead atoms. The molecule has 0 saturated carbocycles. The molecule has 1 aromatic heterocycles. The molecule has 0 saturated heterocycles. The van der Waals surface area contributed by atoms with Crippen molar-refractivity contribution < 1.29 is 4.79 Å². The predicted molar refractivity (Wildman–Crippen MR) is 80.6 cm³/mol. The first-order valence-electron chi connectivity index (χ1n) is 5.78. The molecule has 0 radical (unpaired) electrons. The molecular formula is C15H15BrOS. The third-order valence-corrected chi connectivity index (χ3v) is 4.66. The van der Waals surface area contributed by atoms with Crippen LogP contribution in [0.2, 0.25) is 0 Å². The van der Waals surface area contributed by atoms with E-state index in [1.165, 1.54) is 4.88 Å². The number of ketones is 1. The van der Waals surface area contributed by atoms with Crippen LogP contribution in [0.5, 0.6) is 0 Å². The summed E-state index contributed by atoms with van der Waals surface area (Å²) in [4.78, 5) is 14.4. The Morgan fingerprint density at radius 1 is 1.17 bits per heavy atom. The quantitative estimate of drug-likeness (QED) is 0.708. The van der Waals surface area contributed by atoms with Gasteiger partial charge in [0.2, 0.25) is 5.78 Å². The van der Waals surface area contributed by atoms with Crippen LogP contribution in [0.15, 0.2) is 40.9 Å². The van der Waals surface area contributed by atoms with E-state index in [0.29, 0.717) is 0 Å². The summed E-state index contributed by atoms with van der Waals surface area (Å²) in [7, 11) is 0. The molecule has 0 aliphatic rings. The van der Waals surface area contributed by atoms with Crippen LogP contribution in [0.3, 0.4) is 0 Å². The Balaban J connectivity index is 2.33. The highest BCUT2D eigenvalue weighted by Crippen LogP contribution is 2.30. The predicted octanol–water partition coefficient (Wildman–Crippen LogP) is 5.04. The average molecular weight is 323 g/mol. The molecule has 0 unspecified atom stereocenters. The van der Waals surface area contributed by atoms with Gasteiger partial charge in [-0.1, -0.05) is 48.8 Å². The van der Waals surface area contributed by atoms with Crippen LogP contribution < -0.4 is 0 Å². The normalized spacial score (nSPS) is 11.6. The van der Waals surface area contributed by atoms with Gasteiger partial charge in [0.15, 0.2) is 0 Å². The molecule has 0 fully saturated rings. The van der Waals surface area contributed by atoms with E-state index in [2.05, 4.69) is 42.8 Å². The number of halogens is 1. The fourth-order valence-electron chi connectivity index (χ4n) is 1.63. The SMILES string of the molecule is CC(C)(C)c1ccc(C(=O)c2cccc(Br)c2)s1. The number of hydrogen-bond donors (Lipinski definition) is 0. The maximum absolute atomic E-state index is 12.3. The van der Waals surface area contributed by atoms with E-state index in [0.717, 1.165) is 14.9 Å². The smallest absolute Gasteiger partial charge is 0.202 e. The summed E-state index contributed by atoms with van der Waals surface area (Å²) in [5, 5.41) is 0. The molecule has 1 aromatic carbocycles. The van der Waals surface area contributed by atoms with Crippen molar-refractivity contribution in [2.45, 2.75) is 26.2 Å². The molecule has 2 aromatic rings. The van der Waals surface area contributed by atoms with Crippen LogP contribution in [-0.4, -0.2) is 5.78 Å². The zero-order valence-electron chi connectivity index (χ0n) is 10.7. The highest BCUT2D eigenvalue weighted by molar-refractivity contribution is 9.10. The summed E-state index contributed by atoms with van der Waals surface area (Å²) in [5.41, 5.74) is 0.826. The standard InChI is InChI=1S/C15H15BrOS/c1-15(2,3)13-8-7-12(18-13)14(17)10-5-4-6-11(16)9-10/h4-9H,1-3H3. The van der Waals surface area contributed by atoms with Gasteiger partial charge in [-0.15, -0.1) is 11.3 Å². The zero-order chi connectivity index (χ0) is 13.3. The Kier molecular flexibility index (Phi) is 3.74. The minimum atomic E-state index is 0.0943. The summed E-state index contributed by atoms with van der Waals surface area (Å²) in [6, 6.07) is 11.5. The molecule has 0 aliphatic heterocycles. The molecule has 0 spiro atoms. The molecular weight excluding hydrogens is 308 g/mol. The van der Waals surface area contributed by atoms with E-state index in [9.17, 15) is 4.79 Å². The molecule has 94 valence electrons. The van der Waals surface area contributed by atoms with Gasteiger partial charge in [-0.25, -0.2) is 0 Å². The average Bonchev–Trinajstić information content (AvgIpc) is 2.77. The van der Waals surface area contributed by atoms with Gasteiger partial charge in [-0.05, 0) is 29.7 Å². The van der Waals surface area contributed by atoms with E-state index in [1.807, 2.05) is 30.3 Å². The summed E-state index contributed by atoms with van der Waals surface area (Å²) in [5.74, 6) is 0.0943. The summed E-state index contributed by atoms with van der Waals surface area (Å²) >= 11 is 4.97. The van der Waals surface area contributed by atoms with Gasteiger partial charge in [-0.2, -0.15) is 0 Å². The molecule has 1 heterocycles. The maximum atomic E-state index is 12.3. The van der Waals surface area contributed by atoms with Crippen molar-refractivity contribution in [2.75, 3.05) is 0 Å². The van der Waals surface area contributed by atoms with Crippen LogP contribution in [0, 0.1) is 0 Å². The zero-order valence-corrected chi connectivity index (χ0v) is 13.1. The number of hydrogen-bond acceptors (Lipinski definition) is 2. The van der Waals surface area contributed by atoms with Gasteiger partial charge in [0.25, 0.3) is 0 Å². The molecule has 0 N–H and O–H groups in total. The van der Waals surface area contributed by atoms with E-state index < -0.39 is 0 Å². The fraction of sp³-hybridized carbons (Fsp3) is 0.267. The monoisotopic (exact) mass is 322 g/mol. The molecule has 0 atom stereocenters. The lowest BCUT2D eigenvalue weighted by molar-refractivity contribution is 0.104.